The number of aromatic nitrogens is 2. The summed E-state index contributed by atoms with van der Waals surface area (Å²) in [6, 6.07) is 9.62. The molecule has 1 atom stereocenters. The molecule has 1 heterocycles. The Kier molecular flexibility index (Phi) is 5.31. The molecule has 5 nitrogen and oxygen atoms in total. The Morgan fingerprint density at radius 1 is 1.10 bits per heavy atom. The van der Waals surface area contributed by atoms with Gasteiger partial charge in [-0.2, -0.15) is 18.3 Å². The van der Waals surface area contributed by atoms with E-state index in [0.29, 0.717) is 22.3 Å². The van der Waals surface area contributed by atoms with Gasteiger partial charge in [0.05, 0.1) is 24.9 Å². The summed E-state index contributed by atoms with van der Waals surface area (Å²) in [5, 5.41) is 23.4. The number of ether oxygens (including phenoxy) is 1. The zero-order valence-corrected chi connectivity index (χ0v) is 17.1. The van der Waals surface area contributed by atoms with E-state index in [9.17, 15) is 18.3 Å². The van der Waals surface area contributed by atoms with Crippen molar-refractivity contribution in [1.82, 2.24) is 9.78 Å². The number of aliphatic hydroxyl groups excluding tert-OH is 1. The fourth-order valence-corrected chi connectivity index (χ4v) is 3.96. The summed E-state index contributed by atoms with van der Waals surface area (Å²) in [6.45, 7) is 3.23. The summed E-state index contributed by atoms with van der Waals surface area (Å²) in [5.41, 5.74) is 1.39. The van der Waals surface area contributed by atoms with Gasteiger partial charge in [0, 0.05) is 11.8 Å². The lowest BCUT2D eigenvalue weighted by molar-refractivity contribution is -0.140. The summed E-state index contributed by atoms with van der Waals surface area (Å²) < 4.78 is 49.6. The van der Waals surface area contributed by atoms with Crippen LogP contribution in [-0.4, -0.2) is 45.0 Å². The van der Waals surface area contributed by atoms with Gasteiger partial charge < -0.3 is 14.9 Å². The van der Waals surface area contributed by atoms with Gasteiger partial charge in [0.15, 0.2) is 0 Å². The second kappa shape index (κ2) is 7.69. The predicted octanol–water partition coefficient (Wildman–Crippen LogP) is 4.37. The van der Waals surface area contributed by atoms with Gasteiger partial charge in [-0.15, -0.1) is 0 Å². The molecule has 2 N–H and O–H groups in total. The minimum absolute atomic E-state index is 0.0708. The number of nitrogens with zero attached hydrogens (tertiary/aromatic N) is 2. The number of fused-ring (bicyclic) bond motifs is 3. The summed E-state index contributed by atoms with van der Waals surface area (Å²) in [5.74, 6) is -1.52. The van der Waals surface area contributed by atoms with Gasteiger partial charge in [0.25, 0.3) is 0 Å². The molecular formula is C23H23F3N2O3. The Balaban J connectivity index is 1.93. The fourth-order valence-electron chi connectivity index (χ4n) is 3.96. The molecule has 1 aliphatic rings. The van der Waals surface area contributed by atoms with Crippen molar-refractivity contribution in [1.29, 1.82) is 0 Å². The van der Waals surface area contributed by atoms with Crippen LogP contribution < -0.4 is 4.74 Å². The first-order valence-electron chi connectivity index (χ1n) is 9.91. The zero-order valence-electron chi connectivity index (χ0n) is 17.1. The van der Waals surface area contributed by atoms with Crippen LogP contribution in [0.3, 0.4) is 0 Å². The lowest BCUT2D eigenvalue weighted by Crippen LogP contribution is -2.28. The minimum atomic E-state index is -4.48. The van der Waals surface area contributed by atoms with Crippen molar-refractivity contribution in [2.75, 3.05) is 13.2 Å². The topological polar surface area (TPSA) is 67.5 Å². The van der Waals surface area contributed by atoms with E-state index in [1.165, 1.54) is 16.8 Å². The smallest absolute Gasteiger partial charge is 0.399 e. The molecule has 0 aliphatic heterocycles. The summed E-state index contributed by atoms with van der Waals surface area (Å²) in [7, 11) is 0. The van der Waals surface area contributed by atoms with E-state index in [2.05, 4.69) is 5.10 Å². The van der Waals surface area contributed by atoms with Crippen molar-refractivity contribution in [2.45, 2.75) is 38.1 Å². The molecule has 0 spiro atoms. The van der Waals surface area contributed by atoms with Crippen LogP contribution in [0.5, 0.6) is 5.75 Å². The third kappa shape index (κ3) is 4.18. The van der Waals surface area contributed by atoms with Crippen LogP contribution in [0.2, 0.25) is 0 Å². The highest BCUT2D eigenvalue weighted by molar-refractivity contribution is 5.92. The third-order valence-corrected chi connectivity index (χ3v) is 5.19. The Hall–Kier alpha value is -2.84. The van der Waals surface area contributed by atoms with Gasteiger partial charge >= 0.3 is 6.18 Å². The largest absolute Gasteiger partial charge is 0.491 e. The summed E-state index contributed by atoms with van der Waals surface area (Å²) >= 11 is 0. The molecule has 0 saturated carbocycles. The zero-order chi connectivity index (χ0) is 22.4. The van der Waals surface area contributed by atoms with E-state index in [1.54, 1.807) is 50.5 Å². The maximum atomic E-state index is 14.1. The number of hydrogen-bond acceptors (Lipinski definition) is 4. The molecule has 0 saturated heterocycles. The van der Waals surface area contributed by atoms with Crippen LogP contribution in [0.25, 0.3) is 22.3 Å². The molecule has 0 fully saturated rings. The third-order valence-electron chi connectivity index (χ3n) is 5.19. The number of alkyl halides is 3. The highest BCUT2D eigenvalue weighted by Crippen LogP contribution is 2.55. The van der Waals surface area contributed by atoms with Gasteiger partial charge in [-0.1, -0.05) is 24.3 Å². The van der Waals surface area contributed by atoms with Crippen LogP contribution in [0.15, 0.2) is 48.8 Å². The molecule has 1 unspecified atom stereocenters. The van der Waals surface area contributed by atoms with Crippen LogP contribution >= 0.6 is 0 Å². The second-order valence-corrected chi connectivity index (χ2v) is 8.31. The quantitative estimate of drug-likeness (QED) is 0.607. The molecular weight excluding hydrogens is 409 g/mol. The van der Waals surface area contributed by atoms with E-state index in [1.807, 2.05) is 0 Å². The Bertz CT molecular complexity index is 1100. The van der Waals surface area contributed by atoms with Crippen molar-refractivity contribution in [3.05, 3.63) is 59.9 Å². The number of benzene rings is 2. The van der Waals surface area contributed by atoms with Crippen LogP contribution in [-0.2, 0) is 6.54 Å². The van der Waals surface area contributed by atoms with E-state index < -0.39 is 17.7 Å². The molecule has 4 rings (SSSR count). The Morgan fingerprint density at radius 2 is 1.84 bits per heavy atom. The molecule has 8 heteroatoms. The Morgan fingerprint density at radius 3 is 2.52 bits per heavy atom. The van der Waals surface area contributed by atoms with Crippen molar-refractivity contribution in [3.63, 3.8) is 0 Å². The van der Waals surface area contributed by atoms with Crippen molar-refractivity contribution < 1.29 is 28.1 Å². The van der Waals surface area contributed by atoms with E-state index in [-0.39, 0.29) is 36.6 Å². The SMILES string of the molecule is CC(C)(O)COc1cc(-c2cnn(CCO)c2)c2c(c1)C(C(F)(F)F)c1ccccc1-2. The Labute approximate surface area is 177 Å². The second-order valence-electron chi connectivity index (χ2n) is 8.31. The number of hydrogen-bond donors (Lipinski definition) is 2. The van der Waals surface area contributed by atoms with Gasteiger partial charge in [0.1, 0.15) is 18.3 Å². The molecule has 1 aromatic heterocycles. The molecule has 0 amide bonds. The van der Waals surface area contributed by atoms with Crippen LogP contribution in [0.1, 0.15) is 30.9 Å². The summed E-state index contributed by atoms with van der Waals surface area (Å²) in [6.07, 6.45) is -1.22. The molecule has 3 aromatic rings. The highest BCUT2D eigenvalue weighted by Gasteiger charge is 2.48. The fraction of sp³-hybridized carbons (Fsp3) is 0.348. The van der Waals surface area contributed by atoms with Crippen LogP contribution in [0.4, 0.5) is 13.2 Å². The minimum Gasteiger partial charge on any atom is -0.491 e. The van der Waals surface area contributed by atoms with Gasteiger partial charge in [-0.3, -0.25) is 4.68 Å². The first-order valence-corrected chi connectivity index (χ1v) is 9.91. The lowest BCUT2D eigenvalue weighted by Gasteiger charge is -2.21. The number of rotatable bonds is 6. The molecule has 0 radical (unpaired) electrons. The molecule has 164 valence electrons. The highest BCUT2D eigenvalue weighted by atomic mass is 19.4. The van der Waals surface area contributed by atoms with Gasteiger partial charge in [-0.25, -0.2) is 0 Å². The maximum absolute atomic E-state index is 14.1. The molecule has 0 bridgehead atoms. The predicted molar refractivity (Wildman–Crippen MR) is 110 cm³/mol. The summed E-state index contributed by atoms with van der Waals surface area (Å²) in [4.78, 5) is 0. The van der Waals surface area contributed by atoms with Gasteiger partial charge in [0.2, 0.25) is 0 Å². The number of aliphatic hydroxyl groups is 2. The maximum Gasteiger partial charge on any atom is 0.399 e. The van der Waals surface area contributed by atoms with Crippen molar-refractivity contribution in [2.24, 2.45) is 0 Å². The van der Waals surface area contributed by atoms with Crippen molar-refractivity contribution in [3.8, 4) is 28.0 Å². The molecule has 1 aliphatic carbocycles. The van der Waals surface area contributed by atoms with Crippen LogP contribution in [0, 0.1) is 0 Å². The first kappa shape index (κ1) is 21.4. The average molecular weight is 432 g/mol. The lowest BCUT2D eigenvalue weighted by atomic mass is 9.93. The van der Waals surface area contributed by atoms with E-state index in [4.69, 9.17) is 9.84 Å². The first-order chi connectivity index (χ1) is 14.6. The van der Waals surface area contributed by atoms with E-state index >= 15 is 0 Å². The normalized spacial score (nSPS) is 15.6. The standard InChI is InChI=1S/C23H23F3N2O3/c1-22(2,30)13-31-15-9-18(14-11-27-28(12-14)7-8-29)20-16-5-3-4-6-17(16)21(19(20)10-15)23(24,25)26/h3-6,9-12,21,29-30H,7-8,13H2,1-2H3. The van der Waals surface area contributed by atoms with Crippen molar-refractivity contribution >= 4 is 0 Å². The number of halogens is 3. The van der Waals surface area contributed by atoms with Gasteiger partial charge in [-0.05, 0) is 53.8 Å². The molecule has 31 heavy (non-hydrogen) atoms. The molecule has 2 aromatic carbocycles. The van der Waals surface area contributed by atoms with E-state index in [0.717, 1.165) is 0 Å². The monoisotopic (exact) mass is 432 g/mol. The average Bonchev–Trinajstić information content (AvgIpc) is 3.27.